The zero-order valence-corrected chi connectivity index (χ0v) is 15.5. The summed E-state index contributed by atoms with van der Waals surface area (Å²) in [6.07, 6.45) is 4.53. The Labute approximate surface area is 155 Å². The molecule has 1 N–H and O–H groups in total. The van der Waals surface area contributed by atoms with Crippen LogP contribution in [0.25, 0.3) is 0 Å². The molecule has 0 radical (unpaired) electrons. The van der Waals surface area contributed by atoms with Crippen molar-refractivity contribution in [2.24, 2.45) is 0 Å². The summed E-state index contributed by atoms with van der Waals surface area (Å²) in [5, 5.41) is 2.91. The lowest BCUT2D eigenvalue weighted by Gasteiger charge is -2.20. The number of anilines is 1. The predicted molar refractivity (Wildman–Crippen MR) is 105 cm³/mol. The van der Waals surface area contributed by atoms with E-state index in [1.54, 1.807) is 24.3 Å². The molecule has 0 atom stereocenters. The van der Waals surface area contributed by atoms with Crippen LogP contribution >= 0.6 is 0 Å². The number of hydrogen-bond donors (Lipinski definition) is 1. The van der Waals surface area contributed by atoms with E-state index in [0.717, 1.165) is 37.2 Å². The van der Waals surface area contributed by atoms with Crippen molar-refractivity contribution in [1.29, 1.82) is 0 Å². The number of likely N-dealkylation sites (tertiary alicyclic amines) is 1. The molecule has 1 heterocycles. The van der Waals surface area contributed by atoms with Gasteiger partial charge < -0.3 is 10.2 Å². The van der Waals surface area contributed by atoms with Crippen LogP contribution in [-0.2, 0) is 0 Å². The minimum atomic E-state index is -0.165. The average molecular weight is 350 g/mol. The fourth-order valence-corrected chi connectivity index (χ4v) is 3.24. The monoisotopic (exact) mass is 350 g/mol. The van der Waals surface area contributed by atoms with E-state index < -0.39 is 0 Å². The van der Waals surface area contributed by atoms with Crippen LogP contribution in [0, 0.1) is 13.8 Å². The number of amides is 2. The first-order chi connectivity index (χ1) is 12.5. The van der Waals surface area contributed by atoms with Crippen molar-refractivity contribution in [1.82, 2.24) is 4.90 Å². The molecular weight excluding hydrogens is 324 g/mol. The largest absolute Gasteiger partial charge is 0.339 e. The minimum Gasteiger partial charge on any atom is -0.339 e. The smallest absolute Gasteiger partial charge is 0.255 e. The molecule has 0 saturated carbocycles. The summed E-state index contributed by atoms with van der Waals surface area (Å²) in [7, 11) is 0. The number of carbonyl (C=O) groups is 2. The van der Waals surface area contributed by atoms with Gasteiger partial charge in [0.2, 0.25) is 0 Å². The van der Waals surface area contributed by atoms with Gasteiger partial charge in [0.15, 0.2) is 0 Å². The maximum Gasteiger partial charge on any atom is 0.255 e. The van der Waals surface area contributed by atoms with E-state index in [2.05, 4.69) is 5.32 Å². The molecule has 2 amide bonds. The Balaban J connectivity index is 1.67. The number of benzene rings is 2. The van der Waals surface area contributed by atoms with Crippen molar-refractivity contribution >= 4 is 17.5 Å². The molecule has 0 unspecified atom stereocenters. The second-order valence-electron chi connectivity index (χ2n) is 7.04. The van der Waals surface area contributed by atoms with Gasteiger partial charge in [-0.3, -0.25) is 9.59 Å². The maximum atomic E-state index is 12.6. The first kappa shape index (κ1) is 18.2. The third kappa shape index (κ3) is 4.31. The second-order valence-corrected chi connectivity index (χ2v) is 7.04. The van der Waals surface area contributed by atoms with Crippen molar-refractivity contribution < 1.29 is 9.59 Å². The van der Waals surface area contributed by atoms with E-state index in [-0.39, 0.29) is 11.8 Å². The summed E-state index contributed by atoms with van der Waals surface area (Å²) in [6.45, 7) is 5.72. The van der Waals surface area contributed by atoms with Gasteiger partial charge in [-0.25, -0.2) is 0 Å². The fraction of sp³-hybridized carbons (Fsp3) is 0.364. The molecule has 4 heteroatoms. The van der Waals surface area contributed by atoms with Crippen LogP contribution in [0.1, 0.15) is 57.5 Å². The summed E-state index contributed by atoms with van der Waals surface area (Å²) in [4.78, 5) is 27.0. The Morgan fingerprint density at radius 3 is 2.04 bits per heavy atom. The van der Waals surface area contributed by atoms with Crippen LogP contribution in [-0.4, -0.2) is 29.8 Å². The molecular formula is C22H26N2O2. The summed E-state index contributed by atoms with van der Waals surface area (Å²) in [5.74, 6) is -0.102. The molecule has 1 fully saturated rings. The Morgan fingerprint density at radius 2 is 1.42 bits per heavy atom. The summed E-state index contributed by atoms with van der Waals surface area (Å²) < 4.78 is 0. The van der Waals surface area contributed by atoms with Gasteiger partial charge in [-0.15, -0.1) is 0 Å². The molecule has 4 nitrogen and oxygen atoms in total. The second kappa shape index (κ2) is 8.17. The van der Waals surface area contributed by atoms with Crippen LogP contribution in [0.3, 0.4) is 0 Å². The fourth-order valence-electron chi connectivity index (χ4n) is 3.24. The van der Waals surface area contributed by atoms with Crippen LogP contribution < -0.4 is 5.32 Å². The van der Waals surface area contributed by atoms with Crippen LogP contribution in [0.4, 0.5) is 5.69 Å². The quantitative estimate of drug-likeness (QED) is 0.881. The lowest BCUT2D eigenvalue weighted by molar-refractivity contribution is 0.0761. The minimum absolute atomic E-state index is 0.0630. The highest BCUT2D eigenvalue weighted by Gasteiger charge is 2.17. The first-order valence-corrected chi connectivity index (χ1v) is 9.32. The van der Waals surface area contributed by atoms with Crippen LogP contribution in [0.2, 0.25) is 0 Å². The Bertz CT molecular complexity index is 788. The molecule has 26 heavy (non-hydrogen) atoms. The predicted octanol–water partition coefficient (Wildman–Crippen LogP) is 4.57. The maximum absolute atomic E-state index is 12.6. The number of carbonyl (C=O) groups excluding carboxylic acids is 2. The molecule has 0 aliphatic carbocycles. The van der Waals surface area contributed by atoms with Gasteiger partial charge >= 0.3 is 0 Å². The Morgan fingerprint density at radius 1 is 0.808 bits per heavy atom. The molecule has 2 aromatic carbocycles. The SMILES string of the molecule is Cc1ccc(NC(=O)c2ccc(C(=O)N3CCCCCC3)cc2)cc1C. The van der Waals surface area contributed by atoms with E-state index in [4.69, 9.17) is 0 Å². The number of hydrogen-bond acceptors (Lipinski definition) is 2. The normalized spacial score (nSPS) is 14.6. The zero-order valence-electron chi connectivity index (χ0n) is 15.5. The highest BCUT2D eigenvalue weighted by atomic mass is 16.2. The molecule has 3 rings (SSSR count). The summed E-state index contributed by atoms with van der Waals surface area (Å²) in [6, 6.07) is 12.8. The van der Waals surface area contributed by atoms with Gasteiger partial charge in [-0.2, -0.15) is 0 Å². The molecule has 0 aromatic heterocycles. The van der Waals surface area contributed by atoms with E-state index in [9.17, 15) is 9.59 Å². The average Bonchev–Trinajstić information content (AvgIpc) is 2.94. The van der Waals surface area contributed by atoms with Crippen molar-refractivity contribution in [3.05, 3.63) is 64.7 Å². The number of rotatable bonds is 3. The molecule has 1 saturated heterocycles. The van der Waals surface area contributed by atoms with Gasteiger partial charge in [-0.05, 0) is 74.2 Å². The number of nitrogens with one attached hydrogen (secondary N) is 1. The van der Waals surface area contributed by atoms with E-state index in [1.807, 2.05) is 36.9 Å². The van der Waals surface area contributed by atoms with Crippen molar-refractivity contribution in [2.45, 2.75) is 39.5 Å². The van der Waals surface area contributed by atoms with Gasteiger partial charge in [0.25, 0.3) is 11.8 Å². The standard InChI is InChI=1S/C22H26N2O2/c1-16-7-12-20(15-17(16)2)23-21(25)18-8-10-19(11-9-18)22(26)24-13-5-3-4-6-14-24/h7-12,15H,3-6,13-14H2,1-2H3,(H,23,25). The highest BCUT2D eigenvalue weighted by molar-refractivity contribution is 6.05. The lowest BCUT2D eigenvalue weighted by atomic mass is 10.1. The topological polar surface area (TPSA) is 49.4 Å². The van der Waals surface area contributed by atoms with Crippen molar-refractivity contribution in [3.8, 4) is 0 Å². The summed E-state index contributed by atoms with van der Waals surface area (Å²) in [5.41, 5.74) is 4.31. The van der Waals surface area contributed by atoms with Gasteiger partial charge in [0.05, 0.1) is 0 Å². The van der Waals surface area contributed by atoms with E-state index in [1.165, 1.54) is 18.4 Å². The van der Waals surface area contributed by atoms with Gasteiger partial charge in [0.1, 0.15) is 0 Å². The van der Waals surface area contributed by atoms with Crippen molar-refractivity contribution in [2.75, 3.05) is 18.4 Å². The van der Waals surface area contributed by atoms with Crippen LogP contribution in [0.15, 0.2) is 42.5 Å². The van der Waals surface area contributed by atoms with Crippen molar-refractivity contribution in [3.63, 3.8) is 0 Å². The molecule has 2 aromatic rings. The molecule has 1 aliphatic rings. The number of nitrogens with zero attached hydrogens (tertiary/aromatic N) is 1. The third-order valence-electron chi connectivity index (χ3n) is 5.05. The third-order valence-corrected chi connectivity index (χ3v) is 5.05. The van der Waals surface area contributed by atoms with Gasteiger partial charge in [-0.1, -0.05) is 18.9 Å². The van der Waals surface area contributed by atoms with Gasteiger partial charge in [0, 0.05) is 29.9 Å². The number of aryl methyl sites for hydroxylation is 2. The summed E-state index contributed by atoms with van der Waals surface area (Å²) >= 11 is 0. The van der Waals surface area contributed by atoms with E-state index >= 15 is 0 Å². The highest BCUT2D eigenvalue weighted by Crippen LogP contribution is 2.17. The zero-order chi connectivity index (χ0) is 18.5. The first-order valence-electron chi connectivity index (χ1n) is 9.32. The Kier molecular flexibility index (Phi) is 5.71. The van der Waals surface area contributed by atoms with Crippen LogP contribution in [0.5, 0.6) is 0 Å². The molecule has 1 aliphatic heterocycles. The van der Waals surface area contributed by atoms with E-state index in [0.29, 0.717) is 11.1 Å². The lowest BCUT2D eigenvalue weighted by Crippen LogP contribution is -2.31. The molecule has 0 bridgehead atoms. The molecule has 136 valence electrons. The Hall–Kier alpha value is -2.62. The molecule has 0 spiro atoms.